The van der Waals surface area contributed by atoms with Gasteiger partial charge in [-0.3, -0.25) is 9.89 Å². The molecule has 2 aliphatic rings. The number of rotatable bonds is 9. The van der Waals surface area contributed by atoms with Crippen molar-refractivity contribution in [2.24, 2.45) is 10.9 Å². The van der Waals surface area contributed by atoms with Gasteiger partial charge in [0.15, 0.2) is 5.96 Å². The van der Waals surface area contributed by atoms with Crippen LogP contribution in [-0.2, 0) is 11.2 Å². The maximum Gasteiger partial charge on any atom is 0.401 e. The minimum absolute atomic E-state index is 0.176. The van der Waals surface area contributed by atoms with Crippen molar-refractivity contribution >= 4 is 5.96 Å². The van der Waals surface area contributed by atoms with Crippen molar-refractivity contribution in [3.8, 4) is 0 Å². The van der Waals surface area contributed by atoms with Gasteiger partial charge in [0.2, 0.25) is 0 Å². The maximum absolute atomic E-state index is 12.5. The van der Waals surface area contributed by atoms with Gasteiger partial charge in [0.1, 0.15) is 5.76 Å². The van der Waals surface area contributed by atoms with Crippen LogP contribution in [-0.4, -0.2) is 69.0 Å². The lowest BCUT2D eigenvalue weighted by atomic mass is 9.93. The zero-order valence-corrected chi connectivity index (χ0v) is 18.1. The van der Waals surface area contributed by atoms with E-state index >= 15 is 0 Å². The van der Waals surface area contributed by atoms with E-state index in [0.717, 1.165) is 63.4 Å². The number of hydrogen-bond acceptors (Lipinski definition) is 4. The molecule has 1 aromatic rings. The summed E-state index contributed by atoms with van der Waals surface area (Å²) in [7, 11) is 0. The Bertz CT molecular complexity index is 638. The molecule has 0 aliphatic carbocycles. The van der Waals surface area contributed by atoms with Gasteiger partial charge >= 0.3 is 6.18 Å². The smallest absolute Gasteiger partial charge is 0.401 e. The van der Waals surface area contributed by atoms with Crippen molar-refractivity contribution in [2.75, 3.05) is 45.9 Å². The van der Waals surface area contributed by atoms with Crippen LogP contribution in [0.15, 0.2) is 27.8 Å². The number of nitrogens with zero attached hydrogens (tertiary/aromatic N) is 2. The van der Waals surface area contributed by atoms with Crippen molar-refractivity contribution in [3.05, 3.63) is 24.2 Å². The first-order valence-electron chi connectivity index (χ1n) is 11.4. The average molecular weight is 445 g/mol. The molecule has 1 unspecified atom stereocenters. The van der Waals surface area contributed by atoms with Crippen LogP contribution in [0.3, 0.4) is 0 Å². The van der Waals surface area contributed by atoms with Gasteiger partial charge in [-0.25, -0.2) is 0 Å². The molecule has 2 aliphatic heterocycles. The van der Waals surface area contributed by atoms with E-state index in [9.17, 15) is 13.2 Å². The van der Waals surface area contributed by atoms with E-state index in [1.807, 2.05) is 12.1 Å². The van der Waals surface area contributed by atoms with Crippen molar-refractivity contribution in [3.63, 3.8) is 0 Å². The first-order chi connectivity index (χ1) is 15.0. The standard InChI is InChI=1S/C22H35F3N4O2/c23-22(24,25)17-29-12-8-18(9-13-29)6-10-26-21(27-11-7-19-5-3-15-30-19)28-16-20-4-1-2-14-31-20/h3,5,15,18,20H,1-2,4,6-14,16-17H2,(H2,26,27,28). The molecule has 2 saturated heterocycles. The van der Waals surface area contributed by atoms with Crippen molar-refractivity contribution in [2.45, 2.75) is 57.2 Å². The highest BCUT2D eigenvalue weighted by molar-refractivity contribution is 5.79. The predicted octanol–water partition coefficient (Wildman–Crippen LogP) is 3.59. The quantitative estimate of drug-likeness (QED) is 0.450. The molecule has 176 valence electrons. The van der Waals surface area contributed by atoms with Crippen LogP contribution in [0.2, 0.25) is 0 Å². The third-order valence-corrected chi connectivity index (χ3v) is 5.93. The van der Waals surface area contributed by atoms with Gasteiger partial charge < -0.3 is 19.8 Å². The van der Waals surface area contributed by atoms with Crippen LogP contribution in [0.4, 0.5) is 13.2 Å². The highest BCUT2D eigenvalue weighted by atomic mass is 19.4. The molecule has 0 aromatic carbocycles. The number of alkyl halides is 3. The topological polar surface area (TPSA) is 62.0 Å². The first-order valence-corrected chi connectivity index (χ1v) is 11.4. The molecule has 2 N–H and O–H groups in total. The Morgan fingerprint density at radius 3 is 2.61 bits per heavy atom. The summed E-state index contributed by atoms with van der Waals surface area (Å²) >= 11 is 0. The Kier molecular flexibility index (Phi) is 9.52. The summed E-state index contributed by atoms with van der Waals surface area (Å²) in [6, 6.07) is 3.83. The number of hydrogen-bond donors (Lipinski definition) is 2. The normalized spacial score (nSPS) is 21.9. The predicted molar refractivity (Wildman–Crippen MR) is 114 cm³/mol. The Morgan fingerprint density at radius 1 is 1.13 bits per heavy atom. The van der Waals surface area contributed by atoms with Crippen molar-refractivity contribution in [1.29, 1.82) is 0 Å². The molecule has 3 heterocycles. The summed E-state index contributed by atoms with van der Waals surface area (Å²) in [6.07, 6.45) is 4.40. The van der Waals surface area contributed by atoms with E-state index in [1.54, 1.807) is 6.26 Å². The van der Waals surface area contributed by atoms with E-state index in [-0.39, 0.29) is 6.10 Å². The van der Waals surface area contributed by atoms with E-state index in [1.165, 1.54) is 11.3 Å². The molecular formula is C22H35F3N4O2. The number of halogens is 3. The molecule has 1 aromatic heterocycles. The molecule has 0 saturated carbocycles. The number of guanidine groups is 1. The van der Waals surface area contributed by atoms with Crippen LogP contribution >= 0.6 is 0 Å². The van der Waals surface area contributed by atoms with Crippen LogP contribution in [0.25, 0.3) is 0 Å². The number of likely N-dealkylation sites (tertiary alicyclic amines) is 1. The molecule has 0 spiro atoms. The van der Waals surface area contributed by atoms with Gasteiger partial charge in [-0.1, -0.05) is 0 Å². The monoisotopic (exact) mass is 444 g/mol. The summed E-state index contributed by atoms with van der Waals surface area (Å²) in [5.74, 6) is 2.13. The minimum Gasteiger partial charge on any atom is -0.469 e. The number of ether oxygens (including phenoxy) is 1. The fourth-order valence-electron chi connectivity index (χ4n) is 4.16. The lowest BCUT2D eigenvalue weighted by Gasteiger charge is -2.32. The summed E-state index contributed by atoms with van der Waals surface area (Å²) < 4.78 is 48.8. The maximum atomic E-state index is 12.5. The first kappa shape index (κ1) is 23.9. The second-order valence-electron chi connectivity index (χ2n) is 8.48. The second-order valence-corrected chi connectivity index (χ2v) is 8.48. The van der Waals surface area contributed by atoms with Crippen LogP contribution < -0.4 is 10.6 Å². The summed E-state index contributed by atoms with van der Waals surface area (Å²) in [6.45, 7) is 3.14. The van der Waals surface area contributed by atoms with E-state index in [4.69, 9.17) is 14.1 Å². The lowest BCUT2D eigenvalue weighted by Crippen LogP contribution is -2.42. The van der Waals surface area contributed by atoms with E-state index < -0.39 is 12.7 Å². The van der Waals surface area contributed by atoms with Gasteiger partial charge in [-0.05, 0) is 69.7 Å². The van der Waals surface area contributed by atoms with Crippen LogP contribution in [0.5, 0.6) is 0 Å². The number of furan rings is 1. The van der Waals surface area contributed by atoms with Crippen LogP contribution in [0, 0.1) is 5.92 Å². The van der Waals surface area contributed by atoms with Gasteiger partial charge in [0, 0.05) is 26.1 Å². The number of nitrogens with one attached hydrogen (secondary N) is 2. The van der Waals surface area contributed by atoms with Gasteiger partial charge in [0.25, 0.3) is 0 Å². The van der Waals surface area contributed by atoms with Gasteiger partial charge in [-0.2, -0.15) is 13.2 Å². The van der Waals surface area contributed by atoms with Crippen molar-refractivity contribution < 1.29 is 22.3 Å². The zero-order valence-electron chi connectivity index (χ0n) is 18.1. The molecule has 1 atom stereocenters. The fraction of sp³-hybridized carbons (Fsp3) is 0.773. The average Bonchev–Trinajstić information content (AvgIpc) is 3.26. The van der Waals surface area contributed by atoms with Gasteiger partial charge in [-0.15, -0.1) is 0 Å². The third-order valence-electron chi connectivity index (χ3n) is 5.93. The van der Waals surface area contributed by atoms with E-state index in [2.05, 4.69) is 10.6 Å². The molecule has 0 amide bonds. The van der Waals surface area contributed by atoms with E-state index in [0.29, 0.717) is 32.1 Å². The Labute approximate surface area is 182 Å². The molecule has 9 heteroatoms. The number of aliphatic imine (C=N–C) groups is 1. The highest BCUT2D eigenvalue weighted by Gasteiger charge is 2.32. The molecule has 0 bridgehead atoms. The summed E-state index contributed by atoms with van der Waals surface area (Å²) in [4.78, 5) is 6.22. The SMILES string of the molecule is FC(F)(F)CN1CCC(CCNC(=NCC2CCCCO2)NCCc2ccco2)CC1. The number of piperidine rings is 1. The van der Waals surface area contributed by atoms with Crippen molar-refractivity contribution in [1.82, 2.24) is 15.5 Å². The molecule has 6 nitrogen and oxygen atoms in total. The Hall–Kier alpha value is -1.74. The summed E-state index contributed by atoms with van der Waals surface area (Å²) in [5, 5.41) is 6.75. The molecule has 2 fully saturated rings. The zero-order chi connectivity index (χ0) is 21.9. The fourth-order valence-corrected chi connectivity index (χ4v) is 4.16. The molecule has 0 radical (unpaired) electrons. The Morgan fingerprint density at radius 2 is 1.94 bits per heavy atom. The highest BCUT2D eigenvalue weighted by Crippen LogP contribution is 2.24. The largest absolute Gasteiger partial charge is 0.469 e. The summed E-state index contributed by atoms with van der Waals surface area (Å²) in [5.41, 5.74) is 0. The third kappa shape index (κ3) is 9.51. The second kappa shape index (κ2) is 12.3. The minimum atomic E-state index is -4.11. The van der Waals surface area contributed by atoms with Crippen LogP contribution in [0.1, 0.15) is 44.3 Å². The molecule has 3 rings (SSSR count). The molecule has 31 heavy (non-hydrogen) atoms. The lowest BCUT2D eigenvalue weighted by molar-refractivity contribution is -0.148. The molecular weight excluding hydrogens is 409 g/mol. The van der Waals surface area contributed by atoms with Gasteiger partial charge in [0.05, 0.1) is 25.5 Å². The Balaban J connectivity index is 1.39.